The molecule has 1 aliphatic heterocycles. The van der Waals surface area contributed by atoms with Gasteiger partial charge in [-0.15, -0.1) is 0 Å². The minimum absolute atomic E-state index is 0.353. The summed E-state index contributed by atoms with van der Waals surface area (Å²) in [4.78, 5) is 26.0. The maximum atomic E-state index is 11.9. The van der Waals surface area contributed by atoms with Crippen molar-refractivity contribution in [3.05, 3.63) is 29.8 Å². The van der Waals surface area contributed by atoms with E-state index in [1.807, 2.05) is 24.3 Å². The third kappa shape index (κ3) is 5.23. The fourth-order valence-electron chi connectivity index (χ4n) is 3.03. The van der Waals surface area contributed by atoms with Crippen LogP contribution in [0.3, 0.4) is 0 Å². The predicted octanol–water partition coefficient (Wildman–Crippen LogP) is 0.954. The van der Waals surface area contributed by atoms with Crippen LogP contribution in [0.2, 0.25) is 0 Å². The lowest BCUT2D eigenvalue weighted by Gasteiger charge is -2.22. The smallest absolute Gasteiger partial charge is 0.309 e. The number of carbonyl (C=O) groups excluding carboxylic acids is 2. The molecule has 1 aromatic carbocycles. The van der Waals surface area contributed by atoms with E-state index in [-0.39, 0.29) is 0 Å². The summed E-state index contributed by atoms with van der Waals surface area (Å²) < 4.78 is 5.10. The summed E-state index contributed by atoms with van der Waals surface area (Å²) in [6.45, 7) is 5.15. The SMILES string of the molecule is CCN1CCC[C@H]1CNC(=O)C(=O)NCCc1ccc(OC)cc1. The van der Waals surface area contributed by atoms with Gasteiger partial charge >= 0.3 is 11.8 Å². The van der Waals surface area contributed by atoms with Gasteiger partial charge in [0, 0.05) is 19.1 Å². The Morgan fingerprint density at radius 3 is 2.58 bits per heavy atom. The van der Waals surface area contributed by atoms with Gasteiger partial charge < -0.3 is 15.4 Å². The van der Waals surface area contributed by atoms with Crippen LogP contribution in [0.25, 0.3) is 0 Å². The van der Waals surface area contributed by atoms with E-state index < -0.39 is 11.8 Å². The first-order chi connectivity index (χ1) is 11.6. The number of nitrogens with zero attached hydrogens (tertiary/aromatic N) is 1. The van der Waals surface area contributed by atoms with Crippen LogP contribution >= 0.6 is 0 Å². The molecule has 0 aliphatic carbocycles. The van der Waals surface area contributed by atoms with Crippen LogP contribution in [0.1, 0.15) is 25.3 Å². The number of rotatable bonds is 7. The van der Waals surface area contributed by atoms with E-state index in [0.717, 1.165) is 37.2 Å². The van der Waals surface area contributed by atoms with Crippen molar-refractivity contribution >= 4 is 11.8 Å². The highest BCUT2D eigenvalue weighted by Crippen LogP contribution is 2.15. The summed E-state index contributed by atoms with van der Waals surface area (Å²) in [5.41, 5.74) is 1.08. The Kier molecular flexibility index (Phi) is 7.06. The van der Waals surface area contributed by atoms with Gasteiger partial charge in [0.2, 0.25) is 0 Å². The maximum Gasteiger partial charge on any atom is 0.309 e. The van der Waals surface area contributed by atoms with E-state index >= 15 is 0 Å². The molecule has 0 aromatic heterocycles. The number of hydrogen-bond acceptors (Lipinski definition) is 4. The van der Waals surface area contributed by atoms with Crippen LogP contribution < -0.4 is 15.4 Å². The number of methoxy groups -OCH3 is 1. The highest BCUT2D eigenvalue weighted by molar-refractivity contribution is 6.35. The molecule has 2 rings (SSSR count). The van der Waals surface area contributed by atoms with Gasteiger partial charge in [-0.1, -0.05) is 19.1 Å². The van der Waals surface area contributed by atoms with Crippen molar-refractivity contribution < 1.29 is 14.3 Å². The van der Waals surface area contributed by atoms with Crippen molar-refractivity contribution in [3.63, 3.8) is 0 Å². The first kappa shape index (κ1) is 18.3. The van der Waals surface area contributed by atoms with Crippen molar-refractivity contribution in [2.45, 2.75) is 32.2 Å². The molecule has 1 heterocycles. The summed E-state index contributed by atoms with van der Waals surface area (Å²) in [5.74, 6) is -0.313. The summed E-state index contributed by atoms with van der Waals surface area (Å²) in [5, 5.41) is 5.41. The zero-order chi connectivity index (χ0) is 17.4. The summed E-state index contributed by atoms with van der Waals surface area (Å²) in [6.07, 6.45) is 2.91. The quantitative estimate of drug-likeness (QED) is 0.729. The average molecular weight is 333 g/mol. The van der Waals surface area contributed by atoms with E-state index in [4.69, 9.17) is 4.74 Å². The van der Waals surface area contributed by atoms with Gasteiger partial charge in [0.1, 0.15) is 5.75 Å². The van der Waals surface area contributed by atoms with E-state index in [1.165, 1.54) is 0 Å². The summed E-state index contributed by atoms with van der Waals surface area (Å²) in [6, 6.07) is 8.01. The molecule has 1 aromatic rings. The largest absolute Gasteiger partial charge is 0.497 e. The topological polar surface area (TPSA) is 70.7 Å². The van der Waals surface area contributed by atoms with Crippen LogP contribution in [0.15, 0.2) is 24.3 Å². The average Bonchev–Trinajstić information content (AvgIpc) is 3.07. The monoisotopic (exact) mass is 333 g/mol. The molecular formula is C18H27N3O3. The Hall–Kier alpha value is -2.08. The fraction of sp³-hybridized carbons (Fsp3) is 0.556. The molecule has 6 nitrogen and oxygen atoms in total. The number of hydrogen-bond donors (Lipinski definition) is 2. The molecule has 0 saturated carbocycles. The van der Waals surface area contributed by atoms with Crippen molar-refractivity contribution in [1.29, 1.82) is 0 Å². The number of likely N-dealkylation sites (N-methyl/N-ethyl adjacent to an activating group) is 1. The lowest BCUT2D eigenvalue weighted by Crippen LogP contribution is -2.45. The second kappa shape index (κ2) is 9.27. The Morgan fingerprint density at radius 2 is 1.92 bits per heavy atom. The molecule has 1 fully saturated rings. The van der Waals surface area contributed by atoms with Gasteiger partial charge in [-0.25, -0.2) is 0 Å². The molecule has 2 amide bonds. The van der Waals surface area contributed by atoms with Crippen molar-refractivity contribution in [3.8, 4) is 5.75 Å². The van der Waals surface area contributed by atoms with Gasteiger partial charge in [0.05, 0.1) is 7.11 Å². The normalized spacial score (nSPS) is 17.5. The second-order valence-corrected chi connectivity index (χ2v) is 5.99. The van der Waals surface area contributed by atoms with E-state index in [2.05, 4.69) is 22.5 Å². The Labute approximate surface area is 143 Å². The number of nitrogens with one attached hydrogen (secondary N) is 2. The third-order valence-corrected chi connectivity index (χ3v) is 4.47. The van der Waals surface area contributed by atoms with Gasteiger partial charge in [-0.2, -0.15) is 0 Å². The Morgan fingerprint density at radius 1 is 1.21 bits per heavy atom. The van der Waals surface area contributed by atoms with Gasteiger partial charge in [0.15, 0.2) is 0 Å². The van der Waals surface area contributed by atoms with Crippen molar-refractivity contribution in [2.24, 2.45) is 0 Å². The highest BCUT2D eigenvalue weighted by atomic mass is 16.5. The molecule has 0 radical (unpaired) electrons. The van der Waals surface area contributed by atoms with Gasteiger partial charge in [0.25, 0.3) is 0 Å². The molecule has 0 unspecified atom stereocenters. The zero-order valence-corrected chi connectivity index (χ0v) is 14.5. The standard InChI is InChI=1S/C18H27N3O3/c1-3-21-12-4-5-15(21)13-20-18(23)17(22)19-11-10-14-6-8-16(24-2)9-7-14/h6-9,15H,3-5,10-13H2,1-2H3,(H,19,22)(H,20,23)/t15-/m0/s1. The van der Waals surface area contributed by atoms with Crippen LogP contribution in [-0.2, 0) is 16.0 Å². The molecule has 0 spiro atoms. The number of likely N-dealkylation sites (tertiary alicyclic amines) is 1. The van der Waals surface area contributed by atoms with Crippen LogP contribution in [0.5, 0.6) is 5.75 Å². The number of carbonyl (C=O) groups is 2. The van der Waals surface area contributed by atoms with Crippen LogP contribution in [0, 0.1) is 0 Å². The summed E-state index contributed by atoms with van der Waals surface area (Å²) in [7, 11) is 1.62. The first-order valence-electron chi connectivity index (χ1n) is 8.57. The molecule has 24 heavy (non-hydrogen) atoms. The second-order valence-electron chi connectivity index (χ2n) is 5.99. The maximum absolute atomic E-state index is 11.9. The van der Waals surface area contributed by atoms with Gasteiger partial charge in [-0.3, -0.25) is 14.5 Å². The lowest BCUT2D eigenvalue weighted by molar-refractivity contribution is -0.139. The molecular weight excluding hydrogens is 306 g/mol. The third-order valence-electron chi connectivity index (χ3n) is 4.47. The minimum atomic E-state index is -0.565. The molecule has 6 heteroatoms. The minimum Gasteiger partial charge on any atom is -0.497 e. The molecule has 132 valence electrons. The van der Waals surface area contributed by atoms with Gasteiger partial charge in [-0.05, 0) is 50.0 Å². The predicted molar refractivity (Wildman–Crippen MR) is 93.0 cm³/mol. The summed E-state index contributed by atoms with van der Waals surface area (Å²) >= 11 is 0. The number of benzene rings is 1. The molecule has 2 N–H and O–H groups in total. The lowest BCUT2D eigenvalue weighted by atomic mass is 10.1. The zero-order valence-electron chi connectivity index (χ0n) is 14.5. The Balaban J connectivity index is 1.66. The molecule has 1 saturated heterocycles. The number of amides is 2. The highest BCUT2D eigenvalue weighted by Gasteiger charge is 2.24. The fourth-order valence-corrected chi connectivity index (χ4v) is 3.03. The molecule has 0 bridgehead atoms. The van der Waals surface area contributed by atoms with E-state index in [0.29, 0.717) is 25.6 Å². The molecule has 1 atom stereocenters. The van der Waals surface area contributed by atoms with Crippen molar-refractivity contribution in [1.82, 2.24) is 15.5 Å². The van der Waals surface area contributed by atoms with Crippen LogP contribution in [0.4, 0.5) is 0 Å². The Bertz CT molecular complexity index is 545. The first-order valence-corrected chi connectivity index (χ1v) is 8.57. The molecule has 1 aliphatic rings. The van der Waals surface area contributed by atoms with E-state index in [9.17, 15) is 9.59 Å². The van der Waals surface area contributed by atoms with Crippen molar-refractivity contribution in [2.75, 3.05) is 33.3 Å². The number of ether oxygens (including phenoxy) is 1. The van der Waals surface area contributed by atoms with E-state index in [1.54, 1.807) is 7.11 Å². The van der Waals surface area contributed by atoms with Crippen LogP contribution in [-0.4, -0.2) is 56.0 Å².